The van der Waals surface area contributed by atoms with Gasteiger partial charge in [0, 0.05) is 36.1 Å². The molecular weight excluding hydrogens is 300 g/mol. The summed E-state index contributed by atoms with van der Waals surface area (Å²) >= 11 is 0. The van der Waals surface area contributed by atoms with Crippen LogP contribution in [0, 0.1) is 6.92 Å². The molecule has 3 aromatic rings. The van der Waals surface area contributed by atoms with E-state index in [1.54, 1.807) is 6.20 Å². The van der Waals surface area contributed by atoms with Gasteiger partial charge in [-0.1, -0.05) is 13.8 Å². The van der Waals surface area contributed by atoms with Crippen LogP contribution in [0.5, 0.6) is 0 Å². The van der Waals surface area contributed by atoms with Crippen molar-refractivity contribution in [3.63, 3.8) is 0 Å². The maximum Gasteiger partial charge on any atom is 0.176 e. The Labute approximate surface area is 141 Å². The van der Waals surface area contributed by atoms with Gasteiger partial charge in [-0.25, -0.2) is 0 Å². The molecule has 0 aliphatic rings. The van der Waals surface area contributed by atoms with Crippen molar-refractivity contribution in [3.8, 4) is 11.1 Å². The first kappa shape index (κ1) is 16.1. The second-order valence-electron chi connectivity index (χ2n) is 6.36. The molecular formula is C20H20N2O2. The Morgan fingerprint density at radius 2 is 2.00 bits per heavy atom. The normalized spacial score (nSPS) is 11.2. The van der Waals surface area contributed by atoms with E-state index in [-0.39, 0.29) is 5.78 Å². The Balaban J connectivity index is 2.32. The second-order valence-corrected chi connectivity index (χ2v) is 6.36. The molecule has 0 aliphatic carbocycles. The van der Waals surface area contributed by atoms with Crippen molar-refractivity contribution in [1.82, 2.24) is 9.38 Å². The lowest BCUT2D eigenvalue weighted by atomic mass is 10.0. The first-order valence-corrected chi connectivity index (χ1v) is 8.01. The molecule has 3 heterocycles. The van der Waals surface area contributed by atoms with Crippen molar-refractivity contribution in [3.05, 3.63) is 59.2 Å². The van der Waals surface area contributed by atoms with Crippen molar-refractivity contribution >= 4 is 17.6 Å². The maximum atomic E-state index is 12.1. The van der Waals surface area contributed by atoms with Crippen LogP contribution in [0.1, 0.15) is 58.8 Å². The minimum atomic E-state index is -0.0547. The zero-order valence-corrected chi connectivity index (χ0v) is 14.3. The van der Waals surface area contributed by atoms with Crippen LogP contribution in [0.25, 0.3) is 16.6 Å². The van der Waals surface area contributed by atoms with Gasteiger partial charge < -0.3 is 4.40 Å². The van der Waals surface area contributed by atoms with Gasteiger partial charge in [0.2, 0.25) is 0 Å². The van der Waals surface area contributed by atoms with E-state index < -0.39 is 0 Å². The molecule has 0 fully saturated rings. The van der Waals surface area contributed by atoms with Gasteiger partial charge in [-0.2, -0.15) is 0 Å². The Hall–Kier alpha value is -2.75. The number of nitrogens with zero attached hydrogens (tertiary/aromatic N) is 2. The number of carbonyl (C=O) groups excluding carboxylic acids is 2. The summed E-state index contributed by atoms with van der Waals surface area (Å²) < 4.78 is 1.87. The largest absolute Gasteiger partial charge is 0.313 e. The van der Waals surface area contributed by atoms with Crippen LogP contribution in [0.4, 0.5) is 0 Å². The first-order chi connectivity index (χ1) is 11.4. The van der Waals surface area contributed by atoms with Gasteiger partial charge in [-0.3, -0.25) is 14.6 Å². The highest BCUT2D eigenvalue weighted by Crippen LogP contribution is 2.30. The molecule has 4 heteroatoms. The molecule has 0 bridgehead atoms. The third-order valence-electron chi connectivity index (χ3n) is 4.39. The van der Waals surface area contributed by atoms with Crippen molar-refractivity contribution in [2.45, 2.75) is 33.6 Å². The van der Waals surface area contributed by atoms with Crippen LogP contribution < -0.4 is 0 Å². The number of hydrogen-bond donors (Lipinski definition) is 0. The van der Waals surface area contributed by atoms with Gasteiger partial charge in [0.15, 0.2) is 5.78 Å². The molecule has 0 amide bonds. The molecule has 0 unspecified atom stereocenters. The average molecular weight is 320 g/mol. The van der Waals surface area contributed by atoms with E-state index >= 15 is 0 Å². The van der Waals surface area contributed by atoms with E-state index in [1.165, 1.54) is 6.92 Å². The molecule has 0 radical (unpaired) electrons. The van der Waals surface area contributed by atoms with E-state index in [2.05, 4.69) is 24.9 Å². The number of pyridine rings is 2. The fraction of sp³-hybridized carbons (Fsp3) is 0.250. The minimum absolute atomic E-state index is 0.0547. The van der Waals surface area contributed by atoms with Gasteiger partial charge >= 0.3 is 0 Å². The Bertz CT molecular complexity index is 952. The van der Waals surface area contributed by atoms with Gasteiger partial charge in [0.25, 0.3) is 0 Å². The Kier molecular flexibility index (Phi) is 4.06. The van der Waals surface area contributed by atoms with Gasteiger partial charge in [-0.05, 0) is 48.2 Å². The SMILES string of the molecule is CC(=O)c1c(C)c(C=O)cc2c(-c3ccnc(C(C)C)c3)ccn12. The lowest BCUT2D eigenvalue weighted by Crippen LogP contribution is -2.07. The molecule has 0 aromatic carbocycles. The highest BCUT2D eigenvalue weighted by atomic mass is 16.1. The number of hydrogen-bond acceptors (Lipinski definition) is 3. The predicted octanol–water partition coefficient (Wildman–Crippen LogP) is 4.45. The van der Waals surface area contributed by atoms with Gasteiger partial charge in [-0.15, -0.1) is 0 Å². The monoisotopic (exact) mass is 320 g/mol. The summed E-state index contributed by atoms with van der Waals surface area (Å²) in [4.78, 5) is 27.9. The van der Waals surface area contributed by atoms with E-state index in [0.717, 1.165) is 28.6 Å². The maximum absolute atomic E-state index is 12.1. The van der Waals surface area contributed by atoms with E-state index in [4.69, 9.17) is 0 Å². The zero-order valence-electron chi connectivity index (χ0n) is 14.3. The van der Waals surface area contributed by atoms with Crippen LogP contribution in [0.3, 0.4) is 0 Å². The molecule has 0 spiro atoms. The molecule has 0 saturated carbocycles. The molecule has 0 atom stereocenters. The topological polar surface area (TPSA) is 51.4 Å². The summed E-state index contributed by atoms with van der Waals surface area (Å²) in [5, 5.41) is 0. The van der Waals surface area contributed by atoms with Crippen LogP contribution in [0.2, 0.25) is 0 Å². The van der Waals surface area contributed by atoms with Crippen molar-refractivity contribution in [2.75, 3.05) is 0 Å². The molecule has 3 rings (SSSR count). The van der Waals surface area contributed by atoms with Crippen molar-refractivity contribution < 1.29 is 9.59 Å². The number of carbonyl (C=O) groups is 2. The second kappa shape index (κ2) is 6.04. The number of Topliss-reactive ketones (excluding diaryl/α,β-unsaturated/α-hetero) is 1. The quantitative estimate of drug-likeness (QED) is 0.527. The van der Waals surface area contributed by atoms with Gasteiger partial charge in [0.05, 0.1) is 11.2 Å². The summed E-state index contributed by atoms with van der Waals surface area (Å²) in [5.41, 5.74) is 5.71. The van der Waals surface area contributed by atoms with Crippen LogP contribution in [-0.4, -0.2) is 21.5 Å². The highest BCUT2D eigenvalue weighted by molar-refractivity contribution is 5.99. The van der Waals surface area contributed by atoms with Crippen LogP contribution in [0.15, 0.2) is 36.7 Å². The fourth-order valence-corrected chi connectivity index (χ4v) is 3.09. The van der Waals surface area contributed by atoms with E-state index in [0.29, 0.717) is 22.7 Å². The highest BCUT2D eigenvalue weighted by Gasteiger charge is 2.17. The molecule has 24 heavy (non-hydrogen) atoms. The Morgan fingerprint density at radius 1 is 1.25 bits per heavy atom. The summed E-state index contributed by atoms with van der Waals surface area (Å²) in [5.74, 6) is 0.278. The Morgan fingerprint density at radius 3 is 2.62 bits per heavy atom. The van der Waals surface area contributed by atoms with Crippen LogP contribution >= 0.6 is 0 Å². The third kappa shape index (κ3) is 2.54. The minimum Gasteiger partial charge on any atom is -0.313 e. The number of aromatic nitrogens is 2. The molecule has 4 nitrogen and oxygen atoms in total. The molecule has 122 valence electrons. The number of aldehydes is 1. The fourth-order valence-electron chi connectivity index (χ4n) is 3.09. The average Bonchev–Trinajstić information content (AvgIpc) is 2.97. The summed E-state index contributed by atoms with van der Waals surface area (Å²) in [6.07, 6.45) is 4.50. The summed E-state index contributed by atoms with van der Waals surface area (Å²) in [6.45, 7) is 7.54. The van der Waals surface area contributed by atoms with Gasteiger partial charge in [0.1, 0.15) is 6.29 Å². The number of fused-ring (bicyclic) bond motifs is 1. The van der Waals surface area contributed by atoms with Crippen molar-refractivity contribution in [1.29, 1.82) is 0 Å². The first-order valence-electron chi connectivity index (χ1n) is 8.01. The lowest BCUT2D eigenvalue weighted by Gasteiger charge is -2.11. The lowest BCUT2D eigenvalue weighted by molar-refractivity contribution is 0.101. The molecule has 3 aromatic heterocycles. The third-order valence-corrected chi connectivity index (χ3v) is 4.39. The van der Waals surface area contributed by atoms with Crippen molar-refractivity contribution in [2.24, 2.45) is 0 Å². The smallest absolute Gasteiger partial charge is 0.176 e. The summed E-state index contributed by atoms with van der Waals surface area (Å²) in [7, 11) is 0. The van der Waals surface area contributed by atoms with E-state index in [1.807, 2.05) is 35.7 Å². The van der Waals surface area contributed by atoms with Crippen LogP contribution in [-0.2, 0) is 0 Å². The summed E-state index contributed by atoms with van der Waals surface area (Å²) in [6, 6.07) is 7.85. The molecule has 0 saturated heterocycles. The molecule has 0 N–H and O–H groups in total. The zero-order chi connectivity index (χ0) is 17.4. The van der Waals surface area contributed by atoms with E-state index in [9.17, 15) is 9.59 Å². The number of rotatable bonds is 4. The predicted molar refractivity (Wildman–Crippen MR) is 94.8 cm³/mol. The number of ketones is 1. The molecule has 0 aliphatic heterocycles. The standard InChI is InChI=1S/C20H20N2O2/c1-12(2)18-9-15(5-7-21-18)17-6-8-22-19(17)10-16(11-23)13(3)20(22)14(4)24/h5-12H,1-4H3.